The van der Waals surface area contributed by atoms with Crippen LogP contribution in [0.2, 0.25) is 0 Å². The molecule has 2 aromatic carbocycles. The Hall–Kier alpha value is -3.15. The van der Waals surface area contributed by atoms with E-state index in [4.69, 9.17) is 5.10 Å². The highest BCUT2D eigenvalue weighted by atomic mass is 16.2. The van der Waals surface area contributed by atoms with E-state index in [-0.39, 0.29) is 23.9 Å². The van der Waals surface area contributed by atoms with Crippen LogP contribution < -0.4 is 10.3 Å². The van der Waals surface area contributed by atoms with Gasteiger partial charge in [-0.05, 0) is 43.4 Å². The minimum atomic E-state index is -0.0866. The van der Waals surface area contributed by atoms with Crippen molar-refractivity contribution in [3.63, 3.8) is 0 Å². The zero-order chi connectivity index (χ0) is 23.3. The number of amides is 2. The summed E-state index contributed by atoms with van der Waals surface area (Å²) in [6.45, 7) is 1.46. The number of carbonyl (C=O) groups is 2. The Morgan fingerprint density at radius 1 is 0.824 bits per heavy atom. The Kier molecular flexibility index (Phi) is 6.93. The predicted molar refractivity (Wildman–Crippen MR) is 134 cm³/mol. The van der Waals surface area contributed by atoms with E-state index < -0.39 is 0 Å². The third kappa shape index (κ3) is 5.01. The number of nitrogens with one attached hydrogen (secondary N) is 1. The number of piperidine rings is 1. The second kappa shape index (κ2) is 10.4. The Labute approximate surface area is 202 Å². The molecule has 0 bridgehead atoms. The van der Waals surface area contributed by atoms with Crippen LogP contribution in [-0.4, -0.2) is 41.6 Å². The number of hydrogen-bond acceptors (Lipinski definition) is 4. The molecule has 1 unspecified atom stereocenters. The molecule has 2 amide bonds. The summed E-state index contributed by atoms with van der Waals surface area (Å²) in [5, 5.41) is 9.94. The van der Waals surface area contributed by atoms with Gasteiger partial charge < -0.3 is 10.2 Å². The van der Waals surface area contributed by atoms with Crippen LogP contribution in [0.3, 0.4) is 0 Å². The molecule has 1 N–H and O–H groups in total. The van der Waals surface area contributed by atoms with E-state index >= 15 is 0 Å². The third-order valence-electron chi connectivity index (χ3n) is 7.47. The lowest BCUT2D eigenvalue weighted by molar-refractivity contribution is -0.137. The van der Waals surface area contributed by atoms with Crippen LogP contribution in [-0.2, 0) is 9.59 Å². The van der Waals surface area contributed by atoms with Gasteiger partial charge in [-0.1, -0.05) is 67.8 Å². The molecule has 1 atom stereocenters. The van der Waals surface area contributed by atoms with Crippen molar-refractivity contribution in [3.8, 4) is 0 Å². The number of hydrazone groups is 1. The maximum atomic E-state index is 13.2. The van der Waals surface area contributed by atoms with Crippen LogP contribution >= 0.6 is 0 Å². The van der Waals surface area contributed by atoms with Crippen molar-refractivity contribution in [2.75, 3.05) is 18.1 Å². The highest BCUT2D eigenvalue weighted by molar-refractivity contribution is 6.39. The number of hydrogen-bond donors (Lipinski definition) is 1. The van der Waals surface area contributed by atoms with E-state index in [0.717, 1.165) is 50.0 Å². The zero-order valence-corrected chi connectivity index (χ0v) is 19.7. The molecule has 2 aromatic rings. The van der Waals surface area contributed by atoms with E-state index in [9.17, 15) is 9.59 Å². The molecular weight excluding hydrogens is 424 g/mol. The fourth-order valence-corrected chi connectivity index (χ4v) is 5.52. The van der Waals surface area contributed by atoms with Crippen LogP contribution in [0.4, 0.5) is 5.69 Å². The SMILES string of the molecule is O=C(NC1CCN(C(=O)C2CCCCC2)CC1)C1=NN(c2ccccc2)C(c2ccccc2)C1. The molecule has 2 heterocycles. The number of rotatable bonds is 5. The van der Waals surface area contributed by atoms with Gasteiger partial charge in [0, 0.05) is 31.5 Å². The molecular formula is C28H34N4O2. The highest BCUT2D eigenvalue weighted by Crippen LogP contribution is 2.35. The molecule has 6 heteroatoms. The van der Waals surface area contributed by atoms with Gasteiger partial charge in [0.05, 0.1) is 11.7 Å². The number of carbonyl (C=O) groups excluding carboxylic acids is 2. The van der Waals surface area contributed by atoms with Gasteiger partial charge in [0.25, 0.3) is 5.91 Å². The molecule has 0 radical (unpaired) electrons. The minimum absolute atomic E-state index is 0.000637. The lowest BCUT2D eigenvalue weighted by Gasteiger charge is -2.35. The summed E-state index contributed by atoms with van der Waals surface area (Å²) < 4.78 is 0. The van der Waals surface area contributed by atoms with Gasteiger partial charge in [-0.2, -0.15) is 5.10 Å². The van der Waals surface area contributed by atoms with Crippen molar-refractivity contribution >= 4 is 23.2 Å². The van der Waals surface area contributed by atoms with Gasteiger partial charge in [0.15, 0.2) is 0 Å². The number of likely N-dealkylation sites (tertiary alicyclic amines) is 1. The second-order valence-corrected chi connectivity index (χ2v) is 9.77. The monoisotopic (exact) mass is 458 g/mol. The molecule has 0 aromatic heterocycles. The molecule has 2 aliphatic heterocycles. The number of benzene rings is 2. The van der Waals surface area contributed by atoms with Gasteiger partial charge >= 0.3 is 0 Å². The van der Waals surface area contributed by atoms with E-state index in [0.29, 0.717) is 18.0 Å². The van der Waals surface area contributed by atoms with E-state index in [1.165, 1.54) is 19.3 Å². The topological polar surface area (TPSA) is 65.0 Å². The van der Waals surface area contributed by atoms with Gasteiger partial charge in [0.2, 0.25) is 5.91 Å². The quantitative estimate of drug-likeness (QED) is 0.707. The first-order valence-corrected chi connectivity index (χ1v) is 12.8. The Balaban J connectivity index is 1.21. The number of nitrogens with zero attached hydrogens (tertiary/aromatic N) is 3. The third-order valence-corrected chi connectivity index (χ3v) is 7.47. The van der Waals surface area contributed by atoms with Gasteiger partial charge in [-0.25, -0.2) is 0 Å². The Bertz CT molecular complexity index is 1010. The number of para-hydroxylation sites is 1. The summed E-state index contributed by atoms with van der Waals surface area (Å²) in [5.74, 6) is 0.455. The molecule has 5 rings (SSSR count). The molecule has 1 saturated carbocycles. The molecule has 6 nitrogen and oxygen atoms in total. The average Bonchev–Trinajstić information content (AvgIpc) is 3.36. The molecule has 34 heavy (non-hydrogen) atoms. The van der Waals surface area contributed by atoms with Crippen LogP contribution in [0.25, 0.3) is 0 Å². The summed E-state index contributed by atoms with van der Waals surface area (Å²) in [5.41, 5.74) is 2.69. The van der Waals surface area contributed by atoms with Crippen LogP contribution in [0.5, 0.6) is 0 Å². The molecule has 1 saturated heterocycles. The summed E-state index contributed by atoms with van der Waals surface area (Å²) in [4.78, 5) is 28.0. The summed E-state index contributed by atoms with van der Waals surface area (Å²) in [6, 6.07) is 20.4. The lowest BCUT2D eigenvalue weighted by atomic mass is 9.87. The van der Waals surface area contributed by atoms with Crippen LogP contribution in [0.1, 0.15) is 63.0 Å². The van der Waals surface area contributed by atoms with Crippen molar-refractivity contribution < 1.29 is 9.59 Å². The molecule has 2 fully saturated rings. The second-order valence-electron chi connectivity index (χ2n) is 9.77. The zero-order valence-electron chi connectivity index (χ0n) is 19.7. The van der Waals surface area contributed by atoms with Gasteiger partial charge in [-0.3, -0.25) is 14.6 Å². The van der Waals surface area contributed by atoms with Crippen LogP contribution in [0, 0.1) is 5.92 Å². The first-order valence-electron chi connectivity index (χ1n) is 12.8. The standard InChI is InChI=1S/C28H34N4O2/c33-27(29-23-16-18-31(19-17-23)28(34)22-12-6-2-7-13-22)25-20-26(21-10-4-1-5-11-21)32(30-25)24-14-8-3-9-15-24/h1,3-5,8-11,14-15,22-23,26H,2,6-7,12-13,16-20H2,(H,29,33). The highest BCUT2D eigenvalue weighted by Gasteiger charge is 2.34. The smallest absolute Gasteiger partial charge is 0.267 e. The van der Waals surface area contributed by atoms with E-state index in [2.05, 4.69) is 17.4 Å². The fraction of sp³-hybridized carbons (Fsp3) is 0.464. The van der Waals surface area contributed by atoms with Crippen molar-refractivity contribution in [1.29, 1.82) is 0 Å². The fourth-order valence-electron chi connectivity index (χ4n) is 5.52. The van der Waals surface area contributed by atoms with Crippen molar-refractivity contribution in [1.82, 2.24) is 10.2 Å². The molecule has 1 aliphatic carbocycles. The summed E-state index contributed by atoms with van der Waals surface area (Å²) in [6.07, 6.45) is 7.87. The van der Waals surface area contributed by atoms with Crippen molar-refractivity contribution in [2.45, 2.75) is 63.5 Å². The Morgan fingerprint density at radius 3 is 2.15 bits per heavy atom. The predicted octanol–water partition coefficient (Wildman–Crippen LogP) is 4.68. The first-order chi connectivity index (χ1) is 16.7. The van der Waals surface area contributed by atoms with Gasteiger partial charge in [0.1, 0.15) is 5.71 Å². The van der Waals surface area contributed by atoms with E-state index in [1.54, 1.807) is 0 Å². The van der Waals surface area contributed by atoms with Gasteiger partial charge in [-0.15, -0.1) is 0 Å². The van der Waals surface area contributed by atoms with Crippen molar-refractivity contribution in [3.05, 3.63) is 66.2 Å². The van der Waals surface area contributed by atoms with Crippen LogP contribution in [0.15, 0.2) is 65.8 Å². The number of anilines is 1. The van der Waals surface area contributed by atoms with E-state index in [1.807, 2.05) is 58.4 Å². The lowest BCUT2D eigenvalue weighted by Crippen LogP contribution is -2.49. The maximum absolute atomic E-state index is 13.2. The first kappa shape index (κ1) is 22.6. The largest absolute Gasteiger partial charge is 0.348 e. The average molecular weight is 459 g/mol. The molecule has 0 spiro atoms. The Morgan fingerprint density at radius 2 is 1.47 bits per heavy atom. The maximum Gasteiger partial charge on any atom is 0.267 e. The minimum Gasteiger partial charge on any atom is -0.348 e. The molecule has 3 aliphatic rings. The normalized spacial score (nSPS) is 21.9. The van der Waals surface area contributed by atoms with Crippen molar-refractivity contribution in [2.24, 2.45) is 11.0 Å². The summed E-state index contributed by atoms with van der Waals surface area (Å²) in [7, 11) is 0. The molecule has 178 valence electrons. The summed E-state index contributed by atoms with van der Waals surface area (Å²) >= 11 is 0.